The zero-order chi connectivity index (χ0) is 22.4. The molecule has 2 unspecified atom stereocenters. The molecule has 3 aliphatic rings. The van der Waals surface area contributed by atoms with Crippen LogP contribution in [0.2, 0.25) is 0 Å². The topological polar surface area (TPSA) is 71.0 Å². The summed E-state index contributed by atoms with van der Waals surface area (Å²) in [6, 6.07) is 4.89. The molecule has 8 heteroatoms. The van der Waals surface area contributed by atoms with Crippen molar-refractivity contribution in [3.63, 3.8) is 0 Å². The van der Waals surface area contributed by atoms with Gasteiger partial charge in [0, 0.05) is 25.4 Å². The Kier molecular flexibility index (Phi) is 5.53. The summed E-state index contributed by atoms with van der Waals surface area (Å²) in [6.45, 7) is 3.38. The first-order chi connectivity index (χ1) is 15.4. The molecule has 1 amide bonds. The molecule has 1 aliphatic heterocycles. The Morgan fingerprint density at radius 1 is 1.28 bits per heavy atom. The Labute approximate surface area is 190 Å². The predicted molar refractivity (Wildman–Crippen MR) is 121 cm³/mol. The van der Waals surface area contributed by atoms with E-state index in [1.54, 1.807) is 6.07 Å². The van der Waals surface area contributed by atoms with Crippen molar-refractivity contribution in [1.29, 1.82) is 0 Å². The number of likely N-dealkylation sites (tertiary alicyclic amines) is 1. The molecule has 1 N–H and O–H groups in total. The van der Waals surface area contributed by atoms with Crippen LogP contribution in [0, 0.1) is 17.7 Å². The lowest BCUT2D eigenvalue weighted by atomic mass is 9.93. The van der Waals surface area contributed by atoms with Crippen LogP contribution in [-0.4, -0.2) is 44.0 Å². The van der Waals surface area contributed by atoms with Crippen molar-refractivity contribution in [2.75, 3.05) is 13.1 Å². The van der Waals surface area contributed by atoms with Gasteiger partial charge in [0.1, 0.15) is 11.6 Å². The molecule has 0 spiro atoms. The number of H-pyrrole nitrogens is 1. The number of hydrogen-bond donors (Lipinski definition) is 1. The molecule has 1 saturated heterocycles. The first kappa shape index (κ1) is 21.2. The fourth-order valence-corrected chi connectivity index (χ4v) is 4.86. The number of nitrogens with zero attached hydrogens (tertiary/aromatic N) is 3. The molecule has 0 radical (unpaired) electrons. The van der Waals surface area contributed by atoms with Gasteiger partial charge in [0.25, 0.3) is 0 Å². The minimum absolute atomic E-state index is 0.0985. The number of nitrogens with one attached hydrogen (secondary N) is 1. The molecule has 6 nitrogen and oxygen atoms in total. The van der Waals surface area contributed by atoms with Gasteiger partial charge in [0.2, 0.25) is 5.91 Å². The average molecular weight is 457 g/mol. The molecule has 168 valence electrons. The van der Waals surface area contributed by atoms with Crippen molar-refractivity contribution in [1.82, 2.24) is 19.7 Å². The van der Waals surface area contributed by atoms with E-state index >= 15 is 4.39 Å². The summed E-state index contributed by atoms with van der Waals surface area (Å²) < 4.78 is 16.5. The second kappa shape index (κ2) is 8.35. The quantitative estimate of drug-likeness (QED) is 0.695. The maximum absolute atomic E-state index is 15.1. The van der Waals surface area contributed by atoms with Gasteiger partial charge < -0.3 is 4.90 Å². The van der Waals surface area contributed by atoms with Gasteiger partial charge in [0.15, 0.2) is 0 Å². The molecule has 2 aromatic rings. The van der Waals surface area contributed by atoms with Crippen LogP contribution in [0.3, 0.4) is 0 Å². The number of rotatable bonds is 5. The zero-order valence-corrected chi connectivity index (χ0v) is 18.7. The van der Waals surface area contributed by atoms with E-state index in [0.29, 0.717) is 25.2 Å². The highest BCUT2D eigenvalue weighted by Crippen LogP contribution is 2.34. The number of halogens is 2. The molecule has 2 aliphatic carbocycles. The molecule has 1 saturated carbocycles. The van der Waals surface area contributed by atoms with Crippen LogP contribution in [0.5, 0.6) is 0 Å². The number of amides is 1. The summed E-state index contributed by atoms with van der Waals surface area (Å²) in [6.07, 6.45) is 7.92. The summed E-state index contributed by atoms with van der Waals surface area (Å²) in [5.41, 5.74) is 2.52. The van der Waals surface area contributed by atoms with Gasteiger partial charge >= 0.3 is 5.69 Å². The minimum atomic E-state index is -0.484. The number of carbonyl (C=O) groups is 1. The maximum atomic E-state index is 15.1. The molecule has 2 atom stereocenters. The molecule has 1 aromatic carbocycles. The fourth-order valence-electron chi connectivity index (χ4n) is 4.62. The maximum Gasteiger partial charge on any atom is 0.348 e. The summed E-state index contributed by atoms with van der Waals surface area (Å²) in [7, 11) is 0. The van der Waals surface area contributed by atoms with Gasteiger partial charge in [0.05, 0.1) is 11.1 Å². The van der Waals surface area contributed by atoms with Crippen LogP contribution in [0.4, 0.5) is 4.39 Å². The normalized spacial score (nSPS) is 23.3. The second-order valence-electron chi connectivity index (χ2n) is 9.14. The third-order valence-corrected chi connectivity index (χ3v) is 7.24. The molecule has 1 aromatic heterocycles. The number of benzene rings is 1. The Hall–Kier alpha value is -2.67. The van der Waals surface area contributed by atoms with Crippen LogP contribution >= 0.6 is 11.6 Å². The van der Waals surface area contributed by atoms with E-state index in [9.17, 15) is 9.59 Å². The van der Waals surface area contributed by atoms with Crippen molar-refractivity contribution in [2.24, 2.45) is 11.8 Å². The lowest BCUT2D eigenvalue weighted by molar-refractivity contribution is -0.131. The van der Waals surface area contributed by atoms with Gasteiger partial charge in [-0.3, -0.25) is 4.79 Å². The van der Waals surface area contributed by atoms with E-state index in [2.05, 4.69) is 10.2 Å². The van der Waals surface area contributed by atoms with Gasteiger partial charge in [-0.25, -0.2) is 18.9 Å². The summed E-state index contributed by atoms with van der Waals surface area (Å²) in [4.78, 5) is 26.7. The summed E-state index contributed by atoms with van der Waals surface area (Å²) in [5.74, 6) is 0.663. The smallest absolute Gasteiger partial charge is 0.342 e. The van der Waals surface area contributed by atoms with E-state index < -0.39 is 11.5 Å². The monoisotopic (exact) mass is 456 g/mol. The standard InChI is InChI=1S/C24H26ClFN4O2/c1-14-2-3-17(11-19(14)25)18-6-7-21(20(26)12-18)30-22(27-28-24(30)32)10-15-8-9-29(13-15)23(31)16-4-5-16/h2-3,6-7,12,15-16,19H,4-5,8-11,13H2,1H3,(H,28,32). The molecule has 2 fully saturated rings. The van der Waals surface area contributed by atoms with Gasteiger partial charge in [-0.1, -0.05) is 23.8 Å². The largest absolute Gasteiger partial charge is 0.348 e. The van der Waals surface area contributed by atoms with Crippen molar-refractivity contribution >= 4 is 23.1 Å². The molecule has 32 heavy (non-hydrogen) atoms. The van der Waals surface area contributed by atoms with E-state index in [4.69, 9.17) is 11.6 Å². The van der Waals surface area contributed by atoms with E-state index in [1.165, 1.54) is 10.6 Å². The van der Waals surface area contributed by atoms with Crippen LogP contribution in [-0.2, 0) is 11.2 Å². The fraction of sp³-hybridized carbons (Fsp3) is 0.458. The summed E-state index contributed by atoms with van der Waals surface area (Å²) in [5, 5.41) is 6.53. The lowest BCUT2D eigenvalue weighted by Gasteiger charge is -2.18. The Balaban J connectivity index is 1.36. The number of aromatic nitrogens is 3. The summed E-state index contributed by atoms with van der Waals surface area (Å²) >= 11 is 6.35. The van der Waals surface area contributed by atoms with E-state index in [0.717, 1.165) is 42.5 Å². The van der Waals surface area contributed by atoms with Crippen molar-refractivity contribution < 1.29 is 9.18 Å². The minimum Gasteiger partial charge on any atom is -0.342 e. The first-order valence-corrected chi connectivity index (χ1v) is 11.6. The molecule has 5 rings (SSSR count). The van der Waals surface area contributed by atoms with Gasteiger partial charge in [-0.15, -0.1) is 11.6 Å². The van der Waals surface area contributed by atoms with Gasteiger partial charge in [-0.05, 0) is 61.8 Å². The van der Waals surface area contributed by atoms with Crippen molar-refractivity contribution in [3.8, 4) is 5.69 Å². The highest BCUT2D eigenvalue weighted by Gasteiger charge is 2.37. The molecular formula is C24H26ClFN4O2. The van der Waals surface area contributed by atoms with E-state index in [1.807, 2.05) is 30.0 Å². The van der Waals surface area contributed by atoms with Gasteiger partial charge in [-0.2, -0.15) is 5.10 Å². The van der Waals surface area contributed by atoms with Crippen LogP contribution < -0.4 is 5.69 Å². The van der Waals surface area contributed by atoms with Crippen molar-refractivity contribution in [3.05, 3.63) is 63.6 Å². The number of aromatic amines is 1. The first-order valence-electron chi connectivity index (χ1n) is 11.2. The van der Waals surface area contributed by atoms with E-state index in [-0.39, 0.29) is 28.8 Å². The SMILES string of the molecule is CC1=CC=C(c2ccc(-n3c(CC4CCN(C(=O)C5CC5)C4)n[nH]c3=O)c(F)c2)CC1Cl. The van der Waals surface area contributed by atoms with Crippen molar-refractivity contribution in [2.45, 2.75) is 44.4 Å². The third-order valence-electron chi connectivity index (χ3n) is 6.74. The predicted octanol–water partition coefficient (Wildman–Crippen LogP) is 3.84. The van der Waals surface area contributed by atoms with Crippen LogP contribution in [0.15, 0.2) is 40.7 Å². The van der Waals surface area contributed by atoms with Crippen LogP contribution in [0.25, 0.3) is 11.3 Å². The van der Waals surface area contributed by atoms with Crippen LogP contribution in [0.1, 0.15) is 44.0 Å². The second-order valence-corrected chi connectivity index (χ2v) is 9.67. The Morgan fingerprint density at radius 2 is 2.09 bits per heavy atom. The number of carbonyl (C=O) groups excluding carboxylic acids is 1. The lowest BCUT2D eigenvalue weighted by Crippen LogP contribution is -2.30. The molecular weight excluding hydrogens is 431 g/mol. The highest BCUT2D eigenvalue weighted by molar-refractivity contribution is 6.23. The number of hydrogen-bond acceptors (Lipinski definition) is 3. The third kappa shape index (κ3) is 4.06. The average Bonchev–Trinajstić information content (AvgIpc) is 3.43. The molecule has 0 bridgehead atoms. The Morgan fingerprint density at radius 3 is 2.81 bits per heavy atom. The zero-order valence-electron chi connectivity index (χ0n) is 18.0. The Bertz CT molecular complexity index is 1180. The highest BCUT2D eigenvalue weighted by atomic mass is 35.5. The number of alkyl halides is 1. The number of allylic oxidation sites excluding steroid dienone is 4. The molecule has 2 heterocycles.